The number of H-pyrrole nitrogens is 1. The third kappa shape index (κ3) is 2.60. The predicted octanol–water partition coefficient (Wildman–Crippen LogP) is 2.31. The molecule has 0 fully saturated rings. The van der Waals surface area contributed by atoms with Crippen LogP contribution in [0.3, 0.4) is 0 Å². The zero-order valence-electron chi connectivity index (χ0n) is 11.3. The van der Waals surface area contributed by atoms with E-state index in [0.29, 0.717) is 0 Å². The van der Waals surface area contributed by atoms with Crippen LogP contribution in [0.4, 0.5) is 4.39 Å². The molecule has 1 heterocycles. The zero-order chi connectivity index (χ0) is 15.7. The molecule has 2 rings (SSSR count). The number of aromatic nitrogens is 2. The van der Waals surface area contributed by atoms with Crippen molar-refractivity contribution < 1.29 is 4.39 Å². The molecule has 0 saturated carbocycles. The van der Waals surface area contributed by atoms with Crippen molar-refractivity contribution in [2.24, 2.45) is 0 Å². The molecular formula is C14H11ClFN3O2. The SMILES string of the molecule is CC(C)c1c(Cl)[nH]c(=O)n(-c2ccc(F)c(C#N)c2)c1=O. The van der Waals surface area contributed by atoms with Crippen molar-refractivity contribution >= 4 is 11.6 Å². The Morgan fingerprint density at radius 2 is 2.05 bits per heavy atom. The highest BCUT2D eigenvalue weighted by molar-refractivity contribution is 6.30. The van der Waals surface area contributed by atoms with E-state index in [1.54, 1.807) is 19.9 Å². The van der Waals surface area contributed by atoms with Crippen molar-refractivity contribution in [3.63, 3.8) is 0 Å². The van der Waals surface area contributed by atoms with Crippen LogP contribution >= 0.6 is 11.6 Å². The molecule has 1 aromatic carbocycles. The molecule has 0 spiro atoms. The Kier molecular flexibility index (Phi) is 3.96. The summed E-state index contributed by atoms with van der Waals surface area (Å²) in [5.74, 6) is -0.923. The first-order valence-corrected chi connectivity index (χ1v) is 6.49. The molecule has 0 aliphatic rings. The van der Waals surface area contributed by atoms with E-state index in [4.69, 9.17) is 16.9 Å². The van der Waals surface area contributed by atoms with E-state index in [-0.39, 0.29) is 27.9 Å². The standard InChI is InChI=1S/C14H11ClFN3O2/c1-7(2)11-12(15)18-14(21)19(13(11)20)9-3-4-10(16)8(5-9)6-17/h3-5,7H,1-2H3,(H,18,21). The summed E-state index contributed by atoms with van der Waals surface area (Å²) in [5.41, 5.74) is -1.23. The molecule has 0 atom stereocenters. The lowest BCUT2D eigenvalue weighted by Crippen LogP contribution is -2.36. The first kappa shape index (κ1) is 15.0. The summed E-state index contributed by atoms with van der Waals surface area (Å²) in [6.07, 6.45) is 0. The number of rotatable bonds is 2. The van der Waals surface area contributed by atoms with Crippen molar-refractivity contribution in [1.29, 1.82) is 5.26 Å². The summed E-state index contributed by atoms with van der Waals surface area (Å²) in [6.45, 7) is 3.52. The van der Waals surface area contributed by atoms with Crippen LogP contribution in [0.15, 0.2) is 27.8 Å². The molecule has 7 heteroatoms. The molecule has 0 aliphatic carbocycles. The maximum absolute atomic E-state index is 13.3. The lowest BCUT2D eigenvalue weighted by molar-refractivity contribution is 0.623. The minimum atomic E-state index is -0.745. The van der Waals surface area contributed by atoms with E-state index in [0.717, 1.165) is 16.7 Å². The molecule has 108 valence electrons. The predicted molar refractivity (Wildman–Crippen MR) is 76.4 cm³/mol. The van der Waals surface area contributed by atoms with Crippen LogP contribution in [0.2, 0.25) is 5.15 Å². The second kappa shape index (κ2) is 5.54. The quantitative estimate of drug-likeness (QED) is 0.865. The Balaban J connectivity index is 2.83. The highest BCUT2D eigenvalue weighted by Crippen LogP contribution is 2.18. The van der Waals surface area contributed by atoms with E-state index < -0.39 is 17.1 Å². The average Bonchev–Trinajstić information content (AvgIpc) is 2.39. The summed E-state index contributed by atoms with van der Waals surface area (Å²) >= 11 is 5.89. The van der Waals surface area contributed by atoms with Crippen LogP contribution in [0.1, 0.15) is 30.9 Å². The van der Waals surface area contributed by atoms with Gasteiger partial charge in [0.05, 0.1) is 16.8 Å². The van der Waals surface area contributed by atoms with Gasteiger partial charge in [-0.1, -0.05) is 25.4 Å². The van der Waals surface area contributed by atoms with Gasteiger partial charge in [0, 0.05) is 0 Å². The molecule has 1 aromatic heterocycles. The molecule has 0 saturated heterocycles. The summed E-state index contributed by atoms with van der Waals surface area (Å²) in [5, 5.41) is 8.82. The minimum absolute atomic E-state index is 0.0149. The Bertz CT molecular complexity index is 862. The van der Waals surface area contributed by atoms with Gasteiger partial charge in [-0.05, 0) is 24.1 Å². The number of hydrogen-bond acceptors (Lipinski definition) is 3. The lowest BCUT2D eigenvalue weighted by Gasteiger charge is -2.11. The summed E-state index contributed by atoms with van der Waals surface area (Å²) in [4.78, 5) is 26.8. The van der Waals surface area contributed by atoms with E-state index in [2.05, 4.69) is 4.98 Å². The van der Waals surface area contributed by atoms with Crippen LogP contribution in [0.25, 0.3) is 5.69 Å². The maximum Gasteiger partial charge on any atom is 0.334 e. The molecule has 2 aromatic rings. The van der Waals surface area contributed by atoms with Crippen LogP contribution in [-0.2, 0) is 0 Å². The van der Waals surface area contributed by atoms with Gasteiger partial charge in [-0.25, -0.2) is 13.8 Å². The van der Waals surface area contributed by atoms with Gasteiger partial charge in [-0.3, -0.25) is 9.78 Å². The number of nitriles is 1. The van der Waals surface area contributed by atoms with E-state index in [1.165, 1.54) is 6.07 Å². The fraction of sp³-hybridized carbons (Fsp3) is 0.214. The largest absolute Gasteiger partial charge is 0.334 e. The second-order valence-electron chi connectivity index (χ2n) is 4.73. The summed E-state index contributed by atoms with van der Waals surface area (Å²) in [7, 11) is 0. The van der Waals surface area contributed by atoms with Gasteiger partial charge >= 0.3 is 5.69 Å². The fourth-order valence-corrected chi connectivity index (χ4v) is 2.38. The molecule has 0 unspecified atom stereocenters. The van der Waals surface area contributed by atoms with Crippen LogP contribution in [0, 0.1) is 17.1 Å². The van der Waals surface area contributed by atoms with Crippen LogP contribution in [0.5, 0.6) is 0 Å². The fourth-order valence-electron chi connectivity index (χ4n) is 2.00. The Labute approximate surface area is 124 Å². The number of aromatic amines is 1. The third-order valence-electron chi connectivity index (χ3n) is 3.00. The van der Waals surface area contributed by atoms with Crippen molar-refractivity contribution in [2.45, 2.75) is 19.8 Å². The first-order valence-electron chi connectivity index (χ1n) is 6.11. The summed E-state index contributed by atoms with van der Waals surface area (Å²) in [6, 6.07) is 5.09. The number of benzene rings is 1. The maximum atomic E-state index is 13.3. The number of halogens is 2. The highest BCUT2D eigenvalue weighted by Gasteiger charge is 2.17. The first-order chi connectivity index (χ1) is 9.86. The van der Waals surface area contributed by atoms with Crippen LogP contribution < -0.4 is 11.2 Å². The van der Waals surface area contributed by atoms with Crippen molar-refractivity contribution in [3.05, 3.63) is 61.1 Å². The molecule has 5 nitrogen and oxygen atoms in total. The van der Waals surface area contributed by atoms with Gasteiger partial charge in [0.1, 0.15) is 17.0 Å². The highest BCUT2D eigenvalue weighted by atomic mass is 35.5. The van der Waals surface area contributed by atoms with E-state index in [9.17, 15) is 14.0 Å². The smallest absolute Gasteiger partial charge is 0.297 e. The average molecular weight is 308 g/mol. The monoisotopic (exact) mass is 307 g/mol. The van der Waals surface area contributed by atoms with Crippen molar-refractivity contribution in [1.82, 2.24) is 9.55 Å². The van der Waals surface area contributed by atoms with Gasteiger partial charge in [-0.2, -0.15) is 5.26 Å². The molecule has 0 aliphatic heterocycles. The van der Waals surface area contributed by atoms with E-state index in [1.807, 2.05) is 0 Å². The molecule has 1 N–H and O–H groups in total. The second-order valence-corrected chi connectivity index (χ2v) is 5.11. The zero-order valence-corrected chi connectivity index (χ0v) is 12.0. The normalized spacial score (nSPS) is 10.7. The lowest BCUT2D eigenvalue weighted by atomic mass is 10.1. The van der Waals surface area contributed by atoms with Gasteiger partial charge in [0.15, 0.2) is 0 Å². The van der Waals surface area contributed by atoms with Gasteiger partial charge in [0.25, 0.3) is 5.56 Å². The third-order valence-corrected chi connectivity index (χ3v) is 3.29. The molecule has 0 radical (unpaired) electrons. The summed E-state index contributed by atoms with van der Waals surface area (Å²) < 4.78 is 14.2. The van der Waals surface area contributed by atoms with Crippen LogP contribution in [-0.4, -0.2) is 9.55 Å². The molecule has 21 heavy (non-hydrogen) atoms. The number of hydrogen-bond donors (Lipinski definition) is 1. The minimum Gasteiger partial charge on any atom is -0.297 e. The van der Waals surface area contributed by atoms with Gasteiger partial charge < -0.3 is 0 Å². The Morgan fingerprint density at radius 1 is 1.38 bits per heavy atom. The number of nitrogens with zero attached hydrogens (tertiary/aromatic N) is 2. The van der Waals surface area contributed by atoms with Crippen molar-refractivity contribution in [2.75, 3.05) is 0 Å². The van der Waals surface area contributed by atoms with Gasteiger partial charge in [-0.15, -0.1) is 0 Å². The Morgan fingerprint density at radius 3 is 2.62 bits per heavy atom. The Hall–Kier alpha value is -2.39. The number of nitrogens with one attached hydrogen (secondary N) is 1. The van der Waals surface area contributed by atoms with Crippen molar-refractivity contribution in [3.8, 4) is 11.8 Å². The topological polar surface area (TPSA) is 78.7 Å². The van der Waals surface area contributed by atoms with E-state index >= 15 is 0 Å². The molecular weight excluding hydrogens is 297 g/mol. The van der Waals surface area contributed by atoms with Gasteiger partial charge in [0.2, 0.25) is 0 Å². The molecule has 0 amide bonds. The molecule has 0 bridgehead atoms.